The van der Waals surface area contributed by atoms with E-state index < -0.39 is 0 Å². The Bertz CT molecular complexity index is 1000. The molecule has 0 radical (unpaired) electrons. The largest absolute Gasteiger partial charge is 0.475 e. The number of hydrogen-bond donors (Lipinski definition) is 0. The van der Waals surface area contributed by atoms with Gasteiger partial charge in [0.25, 0.3) is 0 Å². The summed E-state index contributed by atoms with van der Waals surface area (Å²) in [4.78, 5) is 8.60. The molecule has 2 aromatic rings. The molecular formula is C26H32N2OS. The van der Waals surface area contributed by atoms with Gasteiger partial charge in [-0.25, -0.2) is 0 Å². The minimum absolute atomic E-state index is 0.586. The van der Waals surface area contributed by atoms with Crippen molar-refractivity contribution in [2.45, 2.75) is 69.2 Å². The highest BCUT2D eigenvalue weighted by atomic mass is 32.2. The van der Waals surface area contributed by atoms with Gasteiger partial charge in [0.05, 0.1) is 0 Å². The molecule has 0 saturated heterocycles. The van der Waals surface area contributed by atoms with Crippen molar-refractivity contribution in [2.75, 3.05) is 6.73 Å². The predicted octanol–water partition coefficient (Wildman–Crippen LogP) is 5.42. The number of fused-ring (bicyclic) bond motifs is 3. The molecule has 2 aliphatic rings. The van der Waals surface area contributed by atoms with E-state index in [2.05, 4.69) is 67.3 Å². The van der Waals surface area contributed by atoms with E-state index in [4.69, 9.17) is 9.73 Å². The fraction of sp³-hybridized carbons (Fsp3) is 0.423. The molecule has 0 saturated carbocycles. The molecule has 158 valence electrons. The fourth-order valence-corrected chi connectivity index (χ4v) is 5.23. The van der Waals surface area contributed by atoms with Gasteiger partial charge in [-0.15, -0.1) is 11.8 Å². The van der Waals surface area contributed by atoms with E-state index in [1.807, 2.05) is 18.0 Å². The Labute approximate surface area is 184 Å². The number of nitrogens with zero attached hydrogens (tertiary/aromatic N) is 2. The van der Waals surface area contributed by atoms with Crippen LogP contribution in [0.15, 0.2) is 58.6 Å². The highest BCUT2D eigenvalue weighted by Crippen LogP contribution is 2.27. The molecule has 4 rings (SSSR count). The first-order chi connectivity index (χ1) is 14.8. The molecule has 0 fully saturated rings. The first kappa shape index (κ1) is 21.2. The Morgan fingerprint density at radius 1 is 1.20 bits per heavy atom. The summed E-state index contributed by atoms with van der Waals surface area (Å²) < 4.78 is 6.34. The van der Waals surface area contributed by atoms with Crippen LogP contribution in [0.25, 0.3) is 6.08 Å². The van der Waals surface area contributed by atoms with E-state index >= 15 is 0 Å². The van der Waals surface area contributed by atoms with Crippen molar-refractivity contribution in [1.82, 2.24) is 4.90 Å². The summed E-state index contributed by atoms with van der Waals surface area (Å²) in [6.45, 7) is 6.18. The average Bonchev–Trinajstić information content (AvgIpc) is 3.05. The Kier molecular flexibility index (Phi) is 7.29. The molecule has 0 N–H and O–H groups in total. The fourth-order valence-electron chi connectivity index (χ4n) is 4.32. The second kappa shape index (κ2) is 10.3. The number of allylic oxidation sites excluding steroid dienone is 1. The van der Waals surface area contributed by atoms with Crippen molar-refractivity contribution in [3.63, 3.8) is 0 Å². The van der Waals surface area contributed by atoms with Gasteiger partial charge in [0, 0.05) is 40.2 Å². The lowest BCUT2D eigenvalue weighted by molar-refractivity contribution is 0.0482. The second-order valence-electron chi connectivity index (χ2n) is 8.07. The molecule has 3 nitrogen and oxygen atoms in total. The van der Waals surface area contributed by atoms with Crippen molar-refractivity contribution in [3.05, 3.63) is 70.4 Å². The van der Waals surface area contributed by atoms with Crippen LogP contribution in [-0.4, -0.2) is 17.7 Å². The summed E-state index contributed by atoms with van der Waals surface area (Å²) in [5.74, 6) is 1.93. The van der Waals surface area contributed by atoms with Crippen LogP contribution in [-0.2, 0) is 12.3 Å². The van der Waals surface area contributed by atoms with Gasteiger partial charge in [0.2, 0.25) is 0 Å². The number of rotatable bonds is 8. The highest BCUT2D eigenvalue weighted by Gasteiger charge is 2.25. The predicted molar refractivity (Wildman–Crippen MR) is 126 cm³/mol. The SMILES string of the molecule is CCCCC(CC)N1COc2c(cc(CSc3ccccc3)c3c2=NC=CCC=3)C1. The highest BCUT2D eigenvalue weighted by molar-refractivity contribution is 7.98. The van der Waals surface area contributed by atoms with Gasteiger partial charge in [-0.2, -0.15) is 0 Å². The quantitative estimate of drug-likeness (QED) is 0.533. The maximum atomic E-state index is 6.34. The second-order valence-corrected chi connectivity index (χ2v) is 9.12. The van der Waals surface area contributed by atoms with Crippen molar-refractivity contribution in [2.24, 2.45) is 4.99 Å². The zero-order valence-electron chi connectivity index (χ0n) is 18.1. The van der Waals surface area contributed by atoms with Crippen LogP contribution in [0, 0.1) is 0 Å². The number of unbranched alkanes of at least 4 members (excludes halogenated alkanes) is 1. The number of ether oxygens (including phenoxy) is 1. The maximum Gasteiger partial charge on any atom is 0.152 e. The number of hydrogen-bond acceptors (Lipinski definition) is 4. The first-order valence-electron chi connectivity index (χ1n) is 11.2. The number of benzene rings is 2. The molecule has 0 aromatic heterocycles. The van der Waals surface area contributed by atoms with Crippen molar-refractivity contribution in [3.8, 4) is 5.75 Å². The lowest BCUT2D eigenvalue weighted by Gasteiger charge is -2.35. The summed E-state index contributed by atoms with van der Waals surface area (Å²) in [7, 11) is 0. The van der Waals surface area contributed by atoms with E-state index in [1.165, 1.54) is 46.9 Å². The van der Waals surface area contributed by atoms with Crippen LogP contribution in [0.1, 0.15) is 57.1 Å². The third kappa shape index (κ3) is 4.81. The maximum absolute atomic E-state index is 6.34. The lowest BCUT2D eigenvalue weighted by Crippen LogP contribution is -2.43. The molecule has 1 unspecified atom stereocenters. The molecular weight excluding hydrogens is 388 g/mol. The van der Waals surface area contributed by atoms with Gasteiger partial charge in [-0.3, -0.25) is 9.89 Å². The normalized spacial score (nSPS) is 16.5. The Morgan fingerprint density at radius 3 is 2.87 bits per heavy atom. The molecule has 0 spiro atoms. The third-order valence-corrected chi connectivity index (χ3v) is 7.05. The molecule has 2 aliphatic heterocycles. The topological polar surface area (TPSA) is 24.8 Å². The Hall–Kier alpha value is -2.04. The molecule has 0 aliphatic carbocycles. The van der Waals surface area contributed by atoms with Crippen LogP contribution >= 0.6 is 11.8 Å². The zero-order valence-corrected chi connectivity index (χ0v) is 19.0. The van der Waals surface area contributed by atoms with E-state index in [1.54, 1.807) is 0 Å². The summed E-state index contributed by atoms with van der Waals surface area (Å²) in [6, 6.07) is 13.6. The lowest BCUT2D eigenvalue weighted by atomic mass is 10.0. The summed E-state index contributed by atoms with van der Waals surface area (Å²) in [5, 5.41) is 2.26. The van der Waals surface area contributed by atoms with E-state index in [9.17, 15) is 0 Å². The van der Waals surface area contributed by atoms with Crippen LogP contribution in [0.2, 0.25) is 0 Å². The van der Waals surface area contributed by atoms with Crippen LogP contribution < -0.4 is 15.3 Å². The Morgan fingerprint density at radius 2 is 2.07 bits per heavy atom. The molecule has 1 atom stereocenters. The third-order valence-electron chi connectivity index (χ3n) is 5.99. The molecule has 2 heterocycles. The van der Waals surface area contributed by atoms with Crippen LogP contribution in [0.5, 0.6) is 5.75 Å². The van der Waals surface area contributed by atoms with Gasteiger partial charge in [0.15, 0.2) is 5.75 Å². The molecule has 4 heteroatoms. The average molecular weight is 421 g/mol. The first-order valence-corrected chi connectivity index (χ1v) is 12.2. The zero-order chi connectivity index (χ0) is 20.8. The van der Waals surface area contributed by atoms with E-state index in [0.29, 0.717) is 12.8 Å². The van der Waals surface area contributed by atoms with Gasteiger partial charge in [0.1, 0.15) is 12.1 Å². The van der Waals surface area contributed by atoms with Gasteiger partial charge < -0.3 is 4.74 Å². The van der Waals surface area contributed by atoms with Crippen molar-refractivity contribution >= 4 is 17.8 Å². The minimum Gasteiger partial charge on any atom is -0.475 e. The van der Waals surface area contributed by atoms with Gasteiger partial charge in [-0.05, 0) is 43.0 Å². The van der Waals surface area contributed by atoms with Gasteiger partial charge in [-0.1, -0.05) is 57.0 Å². The van der Waals surface area contributed by atoms with E-state index in [-0.39, 0.29) is 0 Å². The monoisotopic (exact) mass is 420 g/mol. The van der Waals surface area contributed by atoms with Gasteiger partial charge >= 0.3 is 0 Å². The summed E-state index contributed by atoms with van der Waals surface area (Å²) >= 11 is 1.89. The minimum atomic E-state index is 0.586. The molecule has 0 amide bonds. The van der Waals surface area contributed by atoms with Crippen LogP contribution in [0.3, 0.4) is 0 Å². The van der Waals surface area contributed by atoms with Crippen molar-refractivity contribution < 1.29 is 4.74 Å². The van der Waals surface area contributed by atoms with Crippen molar-refractivity contribution in [1.29, 1.82) is 0 Å². The Balaban J connectivity index is 1.66. The summed E-state index contributed by atoms with van der Waals surface area (Å²) in [5.41, 5.74) is 2.64. The molecule has 30 heavy (non-hydrogen) atoms. The molecule has 0 bridgehead atoms. The molecule has 2 aromatic carbocycles. The summed E-state index contributed by atoms with van der Waals surface area (Å²) in [6.07, 6.45) is 12.2. The standard InChI is InChI=1S/C26H32N2OS/c1-3-5-11-22(4-2)28-17-20-16-21(18-30-23-12-7-6-8-13-23)24-14-9-10-15-27-25(24)26(20)29-19-28/h6-8,10,12-16,22H,3-5,9,11,17-19H2,1-2H3. The number of thioether (sulfide) groups is 1. The smallest absolute Gasteiger partial charge is 0.152 e. The van der Waals surface area contributed by atoms with Crippen LogP contribution in [0.4, 0.5) is 0 Å². The van der Waals surface area contributed by atoms with E-state index in [0.717, 1.165) is 29.8 Å².